The van der Waals surface area contributed by atoms with Gasteiger partial charge in [0.2, 0.25) is 0 Å². The summed E-state index contributed by atoms with van der Waals surface area (Å²) in [6.45, 7) is 3.49. The lowest BCUT2D eigenvalue weighted by Crippen LogP contribution is -2.29. The first-order valence-corrected chi connectivity index (χ1v) is 10.2. The van der Waals surface area contributed by atoms with Crippen molar-refractivity contribution in [1.82, 2.24) is 20.1 Å². The Hall–Kier alpha value is -3.13. The Morgan fingerprint density at radius 3 is 2.67 bits per heavy atom. The highest BCUT2D eigenvalue weighted by Gasteiger charge is 2.22. The molecule has 0 saturated heterocycles. The predicted octanol–water partition coefficient (Wildman–Crippen LogP) is 5.13. The number of aromatic nitrogens is 3. The molecule has 0 spiro atoms. The summed E-state index contributed by atoms with van der Waals surface area (Å²) < 4.78 is 29.8. The van der Waals surface area contributed by atoms with E-state index in [1.165, 1.54) is 18.2 Å². The molecule has 0 radical (unpaired) electrons. The van der Waals surface area contributed by atoms with E-state index < -0.39 is 23.6 Å². The largest absolute Gasteiger partial charge is 0.344 e. The fourth-order valence-corrected chi connectivity index (χ4v) is 4.40. The van der Waals surface area contributed by atoms with Crippen molar-refractivity contribution in [2.45, 2.75) is 29.7 Å². The number of hydrogen-bond donors (Lipinski definition) is 2. The molecule has 1 atom stereocenters. The lowest BCUT2D eigenvalue weighted by molar-refractivity contribution is 0.0930. The predicted molar refractivity (Wildman–Crippen MR) is 113 cm³/mol. The fourth-order valence-electron chi connectivity index (χ4n) is 3.37. The van der Waals surface area contributed by atoms with Crippen LogP contribution >= 0.6 is 11.8 Å². The fraction of sp³-hybridized carbons (Fsp3) is 0.182. The summed E-state index contributed by atoms with van der Waals surface area (Å²) in [5.41, 5.74) is 2.14. The molecule has 0 aliphatic heterocycles. The van der Waals surface area contributed by atoms with Gasteiger partial charge in [0.1, 0.15) is 17.3 Å². The number of H-pyrrole nitrogens is 1. The van der Waals surface area contributed by atoms with Crippen LogP contribution in [0.15, 0.2) is 58.5 Å². The third-order valence-corrected chi connectivity index (χ3v) is 6.26. The zero-order valence-electron chi connectivity index (χ0n) is 16.7. The average Bonchev–Trinajstić information content (AvgIpc) is 3.27. The normalized spacial score (nSPS) is 12.3. The van der Waals surface area contributed by atoms with Crippen LogP contribution in [0.4, 0.5) is 8.78 Å². The molecule has 2 aromatic heterocycles. The molecule has 154 valence electrons. The van der Waals surface area contributed by atoms with Crippen LogP contribution in [0.3, 0.4) is 0 Å². The first kappa shape index (κ1) is 20.2. The van der Waals surface area contributed by atoms with Crippen molar-refractivity contribution < 1.29 is 13.6 Å². The van der Waals surface area contributed by atoms with E-state index in [0.29, 0.717) is 5.69 Å². The monoisotopic (exact) mass is 426 g/mol. The molecule has 1 unspecified atom stereocenters. The molecule has 0 aliphatic carbocycles. The zero-order chi connectivity index (χ0) is 21.4. The maximum Gasteiger partial charge on any atom is 0.268 e. The van der Waals surface area contributed by atoms with Gasteiger partial charge in [-0.15, -0.1) is 0 Å². The number of hydrogen-bond acceptors (Lipinski definition) is 3. The van der Waals surface area contributed by atoms with Gasteiger partial charge in [0.15, 0.2) is 0 Å². The van der Waals surface area contributed by atoms with E-state index in [4.69, 9.17) is 0 Å². The highest BCUT2D eigenvalue weighted by atomic mass is 32.2. The minimum Gasteiger partial charge on any atom is -0.344 e. The number of amides is 1. The third kappa shape index (κ3) is 3.70. The highest BCUT2D eigenvalue weighted by molar-refractivity contribution is 7.99. The van der Waals surface area contributed by atoms with Gasteiger partial charge in [-0.1, -0.05) is 17.8 Å². The van der Waals surface area contributed by atoms with Crippen LogP contribution < -0.4 is 5.32 Å². The summed E-state index contributed by atoms with van der Waals surface area (Å²) in [5.74, 6) is -1.76. The molecule has 5 nitrogen and oxygen atoms in total. The Kier molecular flexibility index (Phi) is 5.34. The Labute approximate surface area is 176 Å². The van der Waals surface area contributed by atoms with Crippen LogP contribution in [0.2, 0.25) is 0 Å². The lowest BCUT2D eigenvalue weighted by atomic mass is 10.1. The van der Waals surface area contributed by atoms with Crippen molar-refractivity contribution in [1.29, 1.82) is 0 Å². The first-order valence-electron chi connectivity index (χ1n) is 9.37. The summed E-state index contributed by atoms with van der Waals surface area (Å²) >= 11 is 1.54. The number of carbonyl (C=O) groups is 1. The number of aromatic amines is 1. The SMILES string of the molecule is Cc1c(Sc2ccc3[nH]ncc3c2)cc(C(=O)NC(C)c2c(F)cccc2F)n1C. The van der Waals surface area contributed by atoms with Gasteiger partial charge in [-0.05, 0) is 50.2 Å². The van der Waals surface area contributed by atoms with E-state index in [1.54, 1.807) is 42.6 Å². The summed E-state index contributed by atoms with van der Waals surface area (Å²) in [7, 11) is 1.79. The highest BCUT2D eigenvalue weighted by Crippen LogP contribution is 2.34. The zero-order valence-corrected chi connectivity index (χ0v) is 17.5. The second-order valence-corrected chi connectivity index (χ2v) is 8.21. The van der Waals surface area contributed by atoms with Crippen LogP contribution in [0.25, 0.3) is 10.9 Å². The Bertz CT molecular complexity index is 1230. The number of carbonyl (C=O) groups excluding carboxylic acids is 1. The number of halogens is 2. The maximum absolute atomic E-state index is 14.0. The van der Waals surface area contributed by atoms with Crippen molar-refractivity contribution in [2.75, 3.05) is 0 Å². The molecule has 30 heavy (non-hydrogen) atoms. The second-order valence-electron chi connectivity index (χ2n) is 7.09. The van der Waals surface area contributed by atoms with Crippen molar-refractivity contribution >= 4 is 28.6 Å². The van der Waals surface area contributed by atoms with Crippen molar-refractivity contribution in [3.8, 4) is 0 Å². The minimum absolute atomic E-state index is 0.153. The third-order valence-electron chi connectivity index (χ3n) is 5.14. The van der Waals surface area contributed by atoms with E-state index in [1.807, 2.05) is 25.1 Å². The Morgan fingerprint density at radius 2 is 1.93 bits per heavy atom. The van der Waals surface area contributed by atoms with E-state index in [-0.39, 0.29) is 5.56 Å². The molecular weight excluding hydrogens is 406 g/mol. The van der Waals surface area contributed by atoms with Crippen LogP contribution in [0.1, 0.15) is 34.7 Å². The number of fused-ring (bicyclic) bond motifs is 1. The molecule has 4 rings (SSSR count). The topological polar surface area (TPSA) is 62.7 Å². The number of benzene rings is 2. The van der Waals surface area contributed by atoms with Crippen molar-refractivity contribution in [3.63, 3.8) is 0 Å². The second kappa shape index (κ2) is 7.95. The molecule has 2 aromatic carbocycles. The van der Waals surface area contributed by atoms with Gasteiger partial charge in [0.25, 0.3) is 5.91 Å². The Balaban J connectivity index is 1.56. The van der Waals surface area contributed by atoms with Crippen LogP contribution in [-0.4, -0.2) is 20.7 Å². The molecule has 0 aliphatic rings. The lowest BCUT2D eigenvalue weighted by Gasteiger charge is -2.16. The Morgan fingerprint density at radius 1 is 1.20 bits per heavy atom. The molecule has 8 heteroatoms. The molecule has 0 fully saturated rings. The molecule has 2 heterocycles. The quantitative estimate of drug-likeness (QED) is 0.465. The summed E-state index contributed by atoms with van der Waals surface area (Å²) in [6, 6.07) is 10.6. The number of rotatable bonds is 5. The van der Waals surface area contributed by atoms with Gasteiger partial charge < -0.3 is 9.88 Å². The molecule has 0 bridgehead atoms. The molecule has 2 N–H and O–H groups in total. The summed E-state index contributed by atoms with van der Waals surface area (Å²) in [5, 5.41) is 10.7. The van der Waals surface area contributed by atoms with E-state index in [0.717, 1.165) is 26.4 Å². The summed E-state index contributed by atoms with van der Waals surface area (Å²) in [6.07, 6.45) is 1.76. The van der Waals surface area contributed by atoms with Gasteiger partial charge in [0.05, 0.1) is 17.8 Å². The van der Waals surface area contributed by atoms with E-state index in [2.05, 4.69) is 15.5 Å². The molecule has 0 saturated carbocycles. The van der Waals surface area contributed by atoms with Crippen LogP contribution in [0, 0.1) is 18.6 Å². The van der Waals surface area contributed by atoms with Gasteiger partial charge in [-0.3, -0.25) is 9.89 Å². The van der Waals surface area contributed by atoms with Gasteiger partial charge >= 0.3 is 0 Å². The smallest absolute Gasteiger partial charge is 0.268 e. The molecule has 4 aromatic rings. The van der Waals surface area contributed by atoms with Gasteiger partial charge in [-0.2, -0.15) is 5.10 Å². The standard InChI is InChI=1S/C22H20F2N4OS/c1-12(21-16(23)5-4-6-17(21)24)26-22(29)19-10-20(13(2)28(19)3)30-15-7-8-18-14(9-15)11-25-27-18/h4-12H,1-3H3,(H,25,27)(H,26,29). The van der Waals surface area contributed by atoms with Crippen molar-refractivity contribution in [3.05, 3.63) is 77.2 Å². The molecule has 1 amide bonds. The maximum atomic E-state index is 14.0. The van der Waals surface area contributed by atoms with Crippen molar-refractivity contribution in [2.24, 2.45) is 7.05 Å². The van der Waals surface area contributed by atoms with Gasteiger partial charge in [0, 0.05) is 33.5 Å². The first-order chi connectivity index (χ1) is 14.3. The summed E-state index contributed by atoms with van der Waals surface area (Å²) in [4.78, 5) is 14.8. The minimum atomic E-state index is -0.812. The van der Waals surface area contributed by atoms with E-state index in [9.17, 15) is 13.6 Å². The molecular formula is C22H20F2N4OS. The van der Waals surface area contributed by atoms with E-state index >= 15 is 0 Å². The number of nitrogens with one attached hydrogen (secondary N) is 2. The average molecular weight is 426 g/mol. The van der Waals surface area contributed by atoms with Crippen LogP contribution in [0.5, 0.6) is 0 Å². The number of nitrogens with zero attached hydrogens (tertiary/aromatic N) is 2. The van der Waals surface area contributed by atoms with Gasteiger partial charge in [-0.25, -0.2) is 8.78 Å². The van der Waals surface area contributed by atoms with Crippen LogP contribution in [-0.2, 0) is 7.05 Å².